The van der Waals surface area contributed by atoms with Gasteiger partial charge < -0.3 is 35.5 Å². The van der Waals surface area contributed by atoms with E-state index in [1.54, 1.807) is 6.07 Å². The molecule has 0 saturated carbocycles. The van der Waals surface area contributed by atoms with Crippen LogP contribution in [0.1, 0.15) is 29.7 Å². The zero-order chi connectivity index (χ0) is 28.8. The summed E-state index contributed by atoms with van der Waals surface area (Å²) in [5, 5.41) is 16.7. The molecule has 0 aliphatic rings. The molecule has 13 heteroatoms. The van der Waals surface area contributed by atoms with Gasteiger partial charge in [0.1, 0.15) is 0 Å². The number of halogens is 4. The summed E-state index contributed by atoms with van der Waals surface area (Å²) in [6.07, 6.45) is 0. The molecule has 0 aliphatic carbocycles. The minimum atomic E-state index is -6.00. The summed E-state index contributed by atoms with van der Waals surface area (Å²) in [6, 6.07) is 15.8. The van der Waals surface area contributed by atoms with Crippen LogP contribution >= 0.6 is 0 Å². The van der Waals surface area contributed by atoms with Crippen molar-refractivity contribution in [2.75, 3.05) is 13.1 Å². The summed E-state index contributed by atoms with van der Waals surface area (Å²) in [5.41, 5.74) is 4.99. The van der Waals surface area contributed by atoms with Crippen LogP contribution in [0.25, 0.3) is 10.6 Å². The van der Waals surface area contributed by atoms with Crippen molar-refractivity contribution in [3.8, 4) is 6.07 Å². The molecule has 3 aromatic rings. The van der Waals surface area contributed by atoms with Crippen molar-refractivity contribution in [2.45, 2.75) is 34.6 Å². The van der Waals surface area contributed by atoms with Crippen LogP contribution in [0.5, 0.6) is 0 Å². The minimum Gasteiger partial charge on any atom is -0.418 e. The van der Waals surface area contributed by atoms with Crippen molar-refractivity contribution in [1.82, 2.24) is 9.13 Å². The van der Waals surface area contributed by atoms with Crippen LogP contribution < -0.4 is 9.13 Å². The van der Waals surface area contributed by atoms with Gasteiger partial charge in [-0.1, -0.05) is 0 Å². The van der Waals surface area contributed by atoms with Crippen molar-refractivity contribution in [1.29, 1.82) is 5.26 Å². The van der Waals surface area contributed by atoms with E-state index in [0.29, 0.717) is 13.1 Å². The van der Waals surface area contributed by atoms with E-state index in [1.165, 1.54) is 29.7 Å². The number of hydrogen-bond acceptors (Lipinski definition) is 1. The third-order valence-corrected chi connectivity index (χ3v) is 5.64. The number of nitrogens with zero attached hydrogens (tertiary/aromatic N) is 7. The molecule has 0 fully saturated rings. The molecule has 0 saturated heterocycles. The first-order valence-corrected chi connectivity index (χ1v) is 11.6. The minimum absolute atomic E-state index is 0. The van der Waals surface area contributed by atoms with Gasteiger partial charge >= 0.3 is 7.25 Å². The smallest absolute Gasteiger partial charge is 0.418 e. The first-order valence-electron chi connectivity index (χ1n) is 11.6. The molecule has 0 aliphatic heterocycles. The van der Waals surface area contributed by atoms with E-state index in [4.69, 9.17) is 15.9 Å². The second-order valence-corrected chi connectivity index (χ2v) is 8.01. The maximum atomic E-state index is 9.75. The molecule has 0 amide bonds. The van der Waals surface area contributed by atoms with Crippen molar-refractivity contribution in [3.05, 3.63) is 75.9 Å². The first-order chi connectivity index (χ1) is 17.2. The second-order valence-electron chi connectivity index (χ2n) is 8.01. The molecule has 38 heavy (non-hydrogen) atoms. The van der Waals surface area contributed by atoms with Gasteiger partial charge in [-0.15, -0.1) is 0 Å². The summed E-state index contributed by atoms with van der Waals surface area (Å²) in [7, 11) is 2.23. The van der Waals surface area contributed by atoms with Gasteiger partial charge in [-0.2, -0.15) is 5.26 Å². The van der Waals surface area contributed by atoms with Crippen LogP contribution in [-0.4, -0.2) is 29.5 Å². The van der Waals surface area contributed by atoms with Gasteiger partial charge in [-0.3, -0.25) is 10.6 Å². The van der Waals surface area contributed by atoms with E-state index in [0.717, 1.165) is 11.9 Å². The zero-order valence-electron chi connectivity index (χ0n) is 23.6. The van der Waals surface area contributed by atoms with Gasteiger partial charge in [0.25, 0.3) is 0 Å². The monoisotopic (exact) mass is 621 g/mol. The largest absolute Gasteiger partial charge is 0.673 e. The van der Waals surface area contributed by atoms with Crippen molar-refractivity contribution in [2.24, 2.45) is 28.2 Å². The number of aromatic nitrogens is 4. The molecule has 7 nitrogen and oxygen atoms in total. The van der Waals surface area contributed by atoms with Gasteiger partial charge in [-0.25, -0.2) is 0 Å². The van der Waals surface area contributed by atoms with Gasteiger partial charge in [0.2, 0.25) is 11.9 Å². The van der Waals surface area contributed by atoms with Crippen LogP contribution in [0.15, 0.2) is 42.5 Å². The first kappa shape index (κ1) is 37.2. The van der Waals surface area contributed by atoms with Crippen LogP contribution in [0.2, 0.25) is 0 Å². The Morgan fingerprint density at radius 3 is 1.34 bits per heavy atom. The number of hydrogen-bond donors (Lipinski definition) is 0. The summed E-state index contributed by atoms with van der Waals surface area (Å²) >= 11 is 0. The quantitative estimate of drug-likeness (QED) is 0.118. The summed E-state index contributed by atoms with van der Waals surface area (Å²) in [5.74, 6) is 1.99. The van der Waals surface area contributed by atoms with E-state index in [9.17, 15) is 17.3 Å². The second kappa shape index (κ2) is 18.3. The molecule has 2 aromatic heterocycles. The predicted molar refractivity (Wildman–Crippen MR) is 140 cm³/mol. The molecule has 0 unspecified atom stereocenters. The Bertz CT molecular complexity index is 993. The van der Waals surface area contributed by atoms with Crippen molar-refractivity contribution >= 4 is 19.2 Å². The SMILES string of the molecule is CC#N.Cc1c(C)[n+](C)c([N-]CC[N-]c2n(C)c(C)c(C)[n+]2C)n1C.F[B-](F)(F)F.[Mo].c1ccc[cH+]cc1. The maximum absolute atomic E-state index is 9.75. The average molecular weight is 619 g/mol. The molecule has 0 spiro atoms. The Labute approximate surface area is 238 Å². The van der Waals surface area contributed by atoms with Crippen molar-refractivity contribution < 1.29 is 47.5 Å². The summed E-state index contributed by atoms with van der Waals surface area (Å²) in [6.45, 7) is 11.3. The Kier molecular flexibility index (Phi) is 18.0. The number of rotatable bonds is 5. The van der Waals surface area contributed by atoms with Gasteiger partial charge in [-0.05, 0) is 27.7 Å². The number of nitriles is 1. The molecule has 1 aromatic carbocycles. The summed E-state index contributed by atoms with van der Waals surface area (Å²) in [4.78, 5) is 0. The van der Waals surface area contributed by atoms with Crippen LogP contribution in [0, 0.1) is 39.0 Å². The Hall–Kier alpha value is -2.93. The van der Waals surface area contributed by atoms with Crippen LogP contribution in [0.3, 0.4) is 0 Å². The zero-order valence-corrected chi connectivity index (χ0v) is 25.6. The predicted octanol–water partition coefficient (Wildman–Crippen LogP) is 5.75. The molecular formula is C25H38BF4MoN7. The molecule has 0 radical (unpaired) electrons. The topological polar surface area (TPSA) is 69.6 Å². The third-order valence-electron chi connectivity index (χ3n) is 5.64. The molecule has 210 valence electrons. The van der Waals surface area contributed by atoms with Crippen LogP contribution in [-0.2, 0) is 49.3 Å². The third kappa shape index (κ3) is 13.0. The van der Waals surface area contributed by atoms with Crippen molar-refractivity contribution in [3.63, 3.8) is 0 Å². The Morgan fingerprint density at radius 2 is 1.11 bits per heavy atom. The number of imidazole rings is 2. The maximum Gasteiger partial charge on any atom is 0.673 e. The van der Waals surface area contributed by atoms with E-state index in [1.807, 2.05) is 42.5 Å². The van der Waals surface area contributed by atoms with Gasteiger partial charge in [0, 0.05) is 121 Å². The molecule has 2 heterocycles. The average Bonchev–Trinajstić information content (AvgIpc) is 3.08. The Balaban J connectivity index is 0. The molecule has 0 bridgehead atoms. The fourth-order valence-electron chi connectivity index (χ4n) is 3.19. The standard InChI is InChI=1S/C16H28N6.C7H7.C2H3N.BF4.Mo/c1-11-12(2)20(6)15(19(11)5)17-9-10-18-16-21(7)13(3)14(4)22(16)8;1-2-4-6-7-5-3-1;1-2-3;2-1(3,4)5;/h9-10H2,1-8H3;1-7H;1H3;;/q;+1;;-1;. The van der Waals surface area contributed by atoms with E-state index < -0.39 is 7.25 Å². The molecule has 0 N–H and O–H groups in total. The van der Waals surface area contributed by atoms with Gasteiger partial charge in [0.05, 0.1) is 19.2 Å². The Morgan fingerprint density at radius 1 is 0.816 bits per heavy atom. The molecule has 0 atom stereocenters. The fraction of sp³-hybridized carbons (Fsp3) is 0.440. The fourth-order valence-corrected chi connectivity index (χ4v) is 3.19. The van der Waals surface area contributed by atoms with Crippen LogP contribution in [0.4, 0.5) is 29.2 Å². The van der Waals surface area contributed by atoms with E-state index in [2.05, 4.69) is 74.2 Å². The molecule has 3 rings (SSSR count). The van der Waals surface area contributed by atoms with E-state index >= 15 is 0 Å². The summed E-state index contributed by atoms with van der Waals surface area (Å²) < 4.78 is 47.5. The van der Waals surface area contributed by atoms with Gasteiger partial charge in [0.15, 0.2) is 0 Å². The normalized spacial score (nSPS) is 9.68. The molecular weight excluding hydrogens is 581 g/mol. The van der Waals surface area contributed by atoms with E-state index in [-0.39, 0.29) is 21.1 Å².